The van der Waals surface area contributed by atoms with Crippen LogP contribution < -0.4 is 0 Å². The van der Waals surface area contributed by atoms with Crippen molar-refractivity contribution in [2.75, 3.05) is 13.1 Å². The van der Waals surface area contributed by atoms with Gasteiger partial charge in [-0.05, 0) is 24.7 Å². The van der Waals surface area contributed by atoms with Crippen molar-refractivity contribution in [3.05, 3.63) is 0 Å². The molecule has 0 unspecified atom stereocenters. The van der Waals surface area contributed by atoms with Gasteiger partial charge in [-0.3, -0.25) is 0 Å². The van der Waals surface area contributed by atoms with Crippen LogP contribution in [0.5, 0.6) is 0 Å². The van der Waals surface area contributed by atoms with E-state index in [2.05, 4.69) is 43.7 Å². The lowest BCUT2D eigenvalue weighted by atomic mass is 10.1. The zero-order valence-corrected chi connectivity index (χ0v) is 12.2. The van der Waals surface area contributed by atoms with Crippen molar-refractivity contribution in [2.24, 2.45) is 21.8 Å². The standard InChI is InChI=1S/C15H30N2/c1-14(2)9-5-7-11-16-13-17-12-8-6-10-15(3)4/h14-15H,5-12H2,1-4H3. The fourth-order valence-electron chi connectivity index (χ4n) is 1.64. The third-order valence-electron chi connectivity index (χ3n) is 2.74. The molecule has 0 saturated heterocycles. The molecule has 0 heterocycles. The third kappa shape index (κ3) is 15.4. The van der Waals surface area contributed by atoms with Gasteiger partial charge in [0.15, 0.2) is 0 Å². The molecule has 0 bridgehead atoms. The summed E-state index contributed by atoms with van der Waals surface area (Å²) in [4.78, 5) is 8.37. The first kappa shape index (κ1) is 16.4. The Balaban J connectivity index is 3.27. The zero-order valence-electron chi connectivity index (χ0n) is 12.2. The van der Waals surface area contributed by atoms with Crippen LogP contribution in [0.3, 0.4) is 0 Å². The minimum atomic E-state index is 0.814. The second-order valence-electron chi connectivity index (χ2n) is 5.64. The monoisotopic (exact) mass is 238 g/mol. The van der Waals surface area contributed by atoms with Crippen LogP contribution in [0, 0.1) is 11.8 Å². The molecule has 0 rings (SSSR count). The summed E-state index contributed by atoms with van der Waals surface area (Å²) in [6.07, 6.45) is 7.51. The van der Waals surface area contributed by atoms with Crippen LogP contribution in [0.4, 0.5) is 0 Å². The molecule has 0 fully saturated rings. The van der Waals surface area contributed by atoms with E-state index in [1.807, 2.05) is 0 Å². The average molecular weight is 238 g/mol. The summed E-state index contributed by atoms with van der Waals surface area (Å²) >= 11 is 0. The van der Waals surface area contributed by atoms with Crippen LogP contribution in [-0.2, 0) is 0 Å². The molecule has 0 aliphatic carbocycles. The van der Waals surface area contributed by atoms with Crippen molar-refractivity contribution >= 4 is 6.01 Å². The van der Waals surface area contributed by atoms with Gasteiger partial charge in [0.05, 0.1) is 6.01 Å². The molecule has 17 heavy (non-hydrogen) atoms. The molecule has 2 heteroatoms. The summed E-state index contributed by atoms with van der Waals surface area (Å²) in [6.45, 7) is 10.8. The quantitative estimate of drug-likeness (QED) is 0.385. The van der Waals surface area contributed by atoms with Crippen molar-refractivity contribution in [2.45, 2.75) is 66.2 Å². The fourth-order valence-corrected chi connectivity index (χ4v) is 1.64. The Morgan fingerprint density at radius 1 is 0.706 bits per heavy atom. The number of rotatable bonds is 10. The van der Waals surface area contributed by atoms with Gasteiger partial charge in [-0.2, -0.15) is 0 Å². The summed E-state index contributed by atoms with van der Waals surface area (Å²) in [5.41, 5.74) is 0. The lowest BCUT2D eigenvalue weighted by molar-refractivity contribution is 0.541. The van der Waals surface area contributed by atoms with E-state index in [0.29, 0.717) is 0 Å². The minimum absolute atomic E-state index is 0.814. The smallest absolute Gasteiger partial charge is 0.0892 e. The van der Waals surface area contributed by atoms with Crippen LogP contribution in [0.15, 0.2) is 9.98 Å². The maximum Gasteiger partial charge on any atom is 0.0892 e. The summed E-state index contributed by atoms with van der Waals surface area (Å²) in [5, 5.41) is 0. The van der Waals surface area contributed by atoms with Gasteiger partial charge in [0.2, 0.25) is 0 Å². The van der Waals surface area contributed by atoms with Gasteiger partial charge in [0, 0.05) is 13.1 Å². The second kappa shape index (κ2) is 11.9. The van der Waals surface area contributed by atoms with E-state index in [-0.39, 0.29) is 0 Å². The molecule has 100 valence electrons. The van der Waals surface area contributed by atoms with E-state index < -0.39 is 0 Å². The summed E-state index contributed by atoms with van der Waals surface area (Å²) in [5.74, 6) is 1.63. The highest BCUT2D eigenvalue weighted by Crippen LogP contribution is 2.06. The number of hydrogen-bond donors (Lipinski definition) is 0. The van der Waals surface area contributed by atoms with Gasteiger partial charge in [-0.15, -0.1) is 0 Å². The van der Waals surface area contributed by atoms with E-state index in [1.54, 1.807) is 0 Å². The fraction of sp³-hybridized carbons (Fsp3) is 0.933. The van der Waals surface area contributed by atoms with Crippen LogP contribution in [-0.4, -0.2) is 19.1 Å². The molecule has 0 atom stereocenters. The predicted octanol–water partition coefficient (Wildman–Crippen LogP) is 4.81. The van der Waals surface area contributed by atoms with Gasteiger partial charge in [0.1, 0.15) is 0 Å². The predicted molar refractivity (Wildman–Crippen MR) is 77.0 cm³/mol. The Hall–Kier alpha value is -0.620. The van der Waals surface area contributed by atoms with E-state index >= 15 is 0 Å². The minimum Gasteiger partial charge on any atom is -0.226 e. The highest BCUT2D eigenvalue weighted by molar-refractivity contribution is 5.40. The first-order valence-electron chi connectivity index (χ1n) is 7.21. The third-order valence-corrected chi connectivity index (χ3v) is 2.74. The Morgan fingerprint density at radius 3 is 1.47 bits per heavy atom. The van der Waals surface area contributed by atoms with Crippen LogP contribution in [0.25, 0.3) is 0 Å². The first-order valence-corrected chi connectivity index (χ1v) is 7.21. The Bertz CT molecular complexity index is 193. The van der Waals surface area contributed by atoms with Crippen LogP contribution >= 0.6 is 0 Å². The Kier molecular flexibility index (Phi) is 11.4. The lowest BCUT2D eigenvalue weighted by Gasteiger charge is -2.01. The normalized spacial score (nSPS) is 10.7. The second-order valence-corrected chi connectivity index (χ2v) is 5.64. The van der Waals surface area contributed by atoms with Crippen molar-refractivity contribution in [3.8, 4) is 0 Å². The van der Waals surface area contributed by atoms with E-state index in [0.717, 1.165) is 24.9 Å². The largest absolute Gasteiger partial charge is 0.226 e. The Labute approximate surface area is 108 Å². The molecule has 0 aliphatic heterocycles. The lowest BCUT2D eigenvalue weighted by Crippen LogP contribution is -1.89. The van der Waals surface area contributed by atoms with E-state index in [9.17, 15) is 0 Å². The summed E-state index contributed by atoms with van der Waals surface area (Å²) in [7, 11) is 0. The zero-order chi connectivity index (χ0) is 12.9. The first-order chi connectivity index (χ1) is 8.13. The topological polar surface area (TPSA) is 24.7 Å². The molecule has 0 aromatic heterocycles. The van der Waals surface area contributed by atoms with Gasteiger partial charge in [0.25, 0.3) is 0 Å². The molecular formula is C15H30N2. The van der Waals surface area contributed by atoms with E-state index in [4.69, 9.17) is 0 Å². The number of nitrogens with zero attached hydrogens (tertiary/aromatic N) is 2. The molecule has 2 nitrogen and oxygen atoms in total. The van der Waals surface area contributed by atoms with Crippen molar-refractivity contribution < 1.29 is 0 Å². The molecule has 0 N–H and O–H groups in total. The van der Waals surface area contributed by atoms with Crippen LogP contribution in [0.1, 0.15) is 66.2 Å². The Morgan fingerprint density at radius 2 is 1.12 bits per heavy atom. The molecular weight excluding hydrogens is 208 g/mol. The van der Waals surface area contributed by atoms with Crippen molar-refractivity contribution in [1.82, 2.24) is 0 Å². The maximum atomic E-state index is 4.18. The van der Waals surface area contributed by atoms with Crippen molar-refractivity contribution in [1.29, 1.82) is 0 Å². The molecule has 0 amide bonds. The molecule has 0 aromatic carbocycles. The van der Waals surface area contributed by atoms with Crippen LogP contribution in [0.2, 0.25) is 0 Å². The number of aliphatic imine (C=N–C) groups is 2. The molecule has 0 aliphatic rings. The highest BCUT2D eigenvalue weighted by atomic mass is 14.8. The van der Waals surface area contributed by atoms with Gasteiger partial charge in [-0.25, -0.2) is 9.98 Å². The number of hydrogen-bond acceptors (Lipinski definition) is 2. The molecule has 0 spiro atoms. The van der Waals surface area contributed by atoms with Crippen molar-refractivity contribution in [3.63, 3.8) is 0 Å². The number of unbranched alkanes of at least 4 members (excludes halogenated alkanes) is 2. The maximum absolute atomic E-state index is 4.18. The van der Waals surface area contributed by atoms with E-state index in [1.165, 1.54) is 38.5 Å². The van der Waals surface area contributed by atoms with Gasteiger partial charge in [-0.1, -0.05) is 53.4 Å². The highest BCUT2D eigenvalue weighted by Gasteiger charge is 1.93. The molecule has 0 saturated carbocycles. The molecule has 0 radical (unpaired) electrons. The van der Waals surface area contributed by atoms with Gasteiger partial charge < -0.3 is 0 Å². The average Bonchev–Trinajstić information content (AvgIpc) is 2.25. The SMILES string of the molecule is CC(C)CCCCN=C=NCCCCC(C)C. The van der Waals surface area contributed by atoms with Gasteiger partial charge >= 0.3 is 0 Å². The summed E-state index contributed by atoms with van der Waals surface area (Å²) < 4.78 is 0. The summed E-state index contributed by atoms with van der Waals surface area (Å²) in [6, 6.07) is 2.81. The molecule has 0 aromatic rings.